The summed E-state index contributed by atoms with van der Waals surface area (Å²) >= 11 is 0. The van der Waals surface area contributed by atoms with Gasteiger partial charge in [-0.05, 0) is 27.8 Å². The zero-order valence-electron chi connectivity index (χ0n) is 21.5. The van der Waals surface area contributed by atoms with Crippen LogP contribution in [0.15, 0.2) is 152 Å². The average molecular weight is 496 g/mol. The van der Waals surface area contributed by atoms with Crippen molar-refractivity contribution in [2.24, 2.45) is 0 Å². The van der Waals surface area contributed by atoms with Crippen molar-refractivity contribution in [3.8, 4) is 0 Å². The monoisotopic (exact) mass is 495 g/mol. The molecule has 5 aromatic carbocycles. The number of hydrogen-bond donors (Lipinski definition) is 1. The van der Waals surface area contributed by atoms with Gasteiger partial charge in [-0.2, -0.15) is 0 Å². The lowest BCUT2D eigenvalue weighted by molar-refractivity contribution is 0.0194. The van der Waals surface area contributed by atoms with Crippen LogP contribution < -0.4 is 0 Å². The van der Waals surface area contributed by atoms with Crippen molar-refractivity contribution in [2.45, 2.75) is 30.0 Å². The first-order valence-electron chi connectivity index (χ1n) is 13.4. The second-order valence-electron chi connectivity index (χ2n) is 10.4. The molecule has 1 heterocycles. The summed E-state index contributed by atoms with van der Waals surface area (Å²) in [5.74, 6) is 0. The standard InChI is InChI=1S/C36H33NO/c38-35(26-29-16-6-1-7-17-29,27-30-18-8-2-9-19-30)34-28-37(34)36(31-20-10-3-11-21-31,32-22-12-4-13-23-32)33-24-14-5-15-25-33/h1-25,34,38H,26-28H2/t34-,37?/m0/s1. The summed E-state index contributed by atoms with van der Waals surface area (Å²) < 4.78 is 0. The van der Waals surface area contributed by atoms with Crippen LogP contribution in [0.1, 0.15) is 27.8 Å². The van der Waals surface area contributed by atoms with Gasteiger partial charge in [-0.25, -0.2) is 0 Å². The SMILES string of the molecule is OC(Cc1ccccc1)(Cc1ccccc1)[C@@H]1CN1C(c1ccccc1)(c1ccccc1)c1ccccc1. The first-order valence-corrected chi connectivity index (χ1v) is 13.4. The Hall–Kier alpha value is -3.98. The van der Waals surface area contributed by atoms with Gasteiger partial charge in [-0.1, -0.05) is 152 Å². The number of benzene rings is 5. The van der Waals surface area contributed by atoms with E-state index >= 15 is 0 Å². The Labute approximate surface area is 225 Å². The highest BCUT2D eigenvalue weighted by Gasteiger charge is 2.60. The van der Waals surface area contributed by atoms with Crippen molar-refractivity contribution in [2.75, 3.05) is 6.54 Å². The molecule has 188 valence electrons. The summed E-state index contributed by atoms with van der Waals surface area (Å²) in [6.07, 6.45) is 1.19. The zero-order valence-corrected chi connectivity index (χ0v) is 21.5. The minimum atomic E-state index is -0.938. The average Bonchev–Trinajstić information content (AvgIpc) is 3.79. The van der Waals surface area contributed by atoms with Crippen LogP contribution >= 0.6 is 0 Å². The Kier molecular flexibility index (Phi) is 6.68. The van der Waals surface area contributed by atoms with Gasteiger partial charge in [0.2, 0.25) is 0 Å². The molecule has 0 spiro atoms. The van der Waals surface area contributed by atoms with Crippen LogP contribution in [-0.2, 0) is 18.4 Å². The van der Waals surface area contributed by atoms with Crippen LogP contribution in [0.25, 0.3) is 0 Å². The van der Waals surface area contributed by atoms with Gasteiger partial charge in [0, 0.05) is 19.4 Å². The maximum Gasteiger partial charge on any atom is 0.0977 e. The molecule has 1 saturated heterocycles. The molecule has 2 heteroatoms. The lowest BCUT2D eigenvalue weighted by Crippen LogP contribution is -2.47. The highest BCUT2D eigenvalue weighted by atomic mass is 16.3. The minimum absolute atomic E-state index is 0.0245. The molecule has 2 nitrogen and oxygen atoms in total. The predicted molar refractivity (Wildman–Crippen MR) is 155 cm³/mol. The topological polar surface area (TPSA) is 23.2 Å². The predicted octanol–water partition coefficient (Wildman–Crippen LogP) is 6.88. The maximum absolute atomic E-state index is 12.6. The first kappa shape index (κ1) is 24.4. The second-order valence-corrected chi connectivity index (χ2v) is 10.4. The number of nitrogens with zero attached hydrogens (tertiary/aromatic N) is 1. The van der Waals surface area contributed by atoms with Crippen LogP contribution in [0.5, 0.6) is 0 Å². The Morgan fingerprint density at radius 2 is 0.816 bits per heavy atom. The molecule has 5 aromatic rings. The largest absolute Gasteiger partial charge is 0.388 e. The molecular weight excluding hydrogens is 462 g/mol. The number of aliphatic hydroxyl groups is 1. The zero-order chi connectivity index (χ0) is 25.8. The van der Waals surface area contributed by atoms with Gasteiger partial charge in [0.05, 0.1) is 17.2 Å². The second kappa shape index (κ2) is 10.4. The summed E-state index contributed by atoms with van der Waals surface area (Å²) in [7, 11) is 0. The minimum Gasteiger partial charge on any atom is -0.388 e. The van der Waals surface area contributed by atoms with Gasteiger partial charge in [0.1, 0.15) is 0 Å². The first-order chi connectivity index (χ1) is 18.7. The van der Waals surface area contributed by atoms with E-state index in [2.05, 4.69) is 144 Å². The third kappa shape index (κ3) is 4.58. The summed E-state index contributed by atoms with van der Waals surface area (Å²) in [6.45, 7) is 0.800. The highest BCUT2D eigenvalue weighted by molar-refractivity contribution is 5.51. The van der Waals surface area contributed by atoms with Crippen LogP contribution in [0, 0.1) is 0 Å². The summed E-state index contributed by atoms with van der Waals surface area (Å²) in [5, 5.41) is 12.6. The molecule has 6 rings (SSSR count). The molecule has 1 aliphatic rings. The maximum atomic E-state index is 12.6. The third-order valence-electron chi connectivity index (χ3n) is 7.94. The molecule has 2 atom stereocenters. The number of rotatable bonds is 9. The van der Waals surface area contributed by atoms with E-state index in [1.54, 1.807) is 0 Å². The van der Waals surface area contributed by atoms with Gasteiger partial charge < -0.3 is 5.11 Å². The fraction of sp³-hybridized carbons (Fsp3) is 0.167. The molecular formula is C36H33NO. The van der Waals surface area contributed by atoms with E-state index in [-0.39, 0.29) is 6.04 Å². The normalized spacial score (nSPS) is 17.2. The molecule has 0 bridgehead atoms. The molecule has 0 aromatic heterocycles. The van der Waals surface area contributed by atoms with Crippen molar-refractivity contribution >= 4 is 0 Å². The van der Waals surface area contributed by atoms with Crippen LogP contribution in [-0.4, -0.2) is 28.2 Å². The number of hydrogen-bond acceptors (Lipinski definition) is 2. The van der Waals surface area contributed by atoms with E-state index in [4.69, 9.17) is 0 Å². The molecule has 38 heavy (non-hydrogen) atoms. The van der Waals surface area contributed by atoms with Gasteiger partial charge in [-0.3, -0.25) is 4.90 Å². The Bertz CT molecular complexity index is 1300. The van der Waals surface area contributed by atoms with Crippen molar-refractivity contribution < 1.29 is 5.11 Å². The Balaban J connectivity index is 1.49. The summed E-state index contributed by atoms with van der Waals surface area (Å²) in [4.78, 5) is 2.51. The van der Waals surface area contributed by atoms with Crippen LogP contribution in [0.4, 0.5) is 0 Å². The molecule has 1 fully saturated rings. The van der Waals surface area contributed by atoms with Gasteiger partial charge in [0.15, 0.2) is 0 Å². The van der Waals surface area contributed by atoms with E-state index in [0.717, 1.165) is 17.7 Å². The van der Waals surface area contributed by atoms with Gasteiger partial charge >= 0.3 is 0 Å². The van der Waals surface area contributed by atoms with Crippen LogP contribution in [0.2, 0.25) is 0 Å². The lowest BCUT2D eigenvalue weighted by atomic mass is 9.76. The van der Waals surface area contributed by atoms with Gasteiger partial charge in [-0.15, -0.1) is 0 Å². The molecule has 1 unspecified atom stereocenters. The lowest BCUT2D eigenvalue weighted by Gasteiger charge is -2.40. The van der Waals surface area contributed by atoms with Gasteiger partial charge in [0.25, 0.3) is 0 Å². The summed E-state index contributed by atoms with van der Waals surface area (Å²) in [6, 6.07) is 53.1. The van der Waals surface area contributed by atoms with E-state index < -0.39 is 11.1 Å². The summed E-state index contributed by atoms with van der Waals surface area (Å²) in [5.41, 5.74) is 4.48. The fourth-order valence-electron chi connectivity index (χ4n) is 6.20. The third-order valence-corrected chi connectivity index (χ3v) is 7.94. The van der Waals surface area contributed by atoms with E-state index in [9.17, 15) is 5.11 Å². The molecule has 0 aliphatic carbocycles. The molecule has 0 amide bonds. The van der Waals surface area contributed by atoms with E-state index in [1.807, 2.05) is 12.1 Å². The van der Waals surface area contributed by atoms with Crippen LogP contribution in [0.3, 0.4) is 0 Å². The fourth-order valence-corrected chi connectivity index (χ4v) is 6.20. The van der Waals surface area contributed by atoms with Crippen molar-refractivity contribution in [1.82, 2.24) is 4.90 Å². The smallest absolute Gasteiger partial charge is 0.0977 e. The van der Waals surface area contributed by atoms with E-state index in [0.29, 0.717) is 12.8 Å². The Morgan fingerprint density at radius 3 is 1.16 bits per heavy atom. The van der Waals surface area contributed by atoms with Crippen molar-refractivity contribution in [1.29, 1.82) is 0 Å². The molecule has 1 N–H and O–H groups in total. The van der Waals surface area contributed by atoms with E-state index in [1.165, 1.54) is 16.7 Å². The van der Waals surface area contributed by atoms with Crippen molar-refractivity contribution in [3.63, 3.8) is 0 Å². The molecule has 0 saturated carbocycles. The molecule has 1 aliphatic heterocycles. The molecule has 0 radical (unpaired) electrons. The highest BCUT2D eigenvalue weighted by Crippen LogP contribution is 2.51. The van der Waals surface area contributed by atoms with Crippen molar-refractivity contribution in [3.05, 3.63) is 179 Å². The quantitative estimate of drug-likeness (QED) is 0.178. The Morgan fingerprint density at radius 1 is 0.500 bits per heavy atom.